The van der Waals surface area contributed by atoms with Crippen molar-refractivity contribution in [1.29, 1.82) is 0 Å². The van der Waals surface area contributed by atoms with E-state index in [1.807, 2.05) is 78.9 Å². The molecule has 0 saturated carbocycles. The van der Waals surface area contributed by atoms with Crippen molar-refractivity contribution in [2.24, 2.45) is 7.05 Å². The minimum atomic E-state index is -1.27. The highest BCUT2D eigenvalue weighted by molar-refractivity contribution is 5.77. The van der Waals surface area contributed by atoms with Crippen molar-refractivity contribution in [3.8, 4) is 11.5 Å². The Hall–Kier alpha value is -4.12. The van der Waals surface area contributed by atoms with Crippen LogP contribution in [-0.4, -0.2) is 88.7 Å². The Balaban J connectivity index is 1.20. The molecule has 0 radical (unpaired) electrons. The van der Waals surface area contributed by atoms with E-state index in [0.29, 0.717) is 50.8 Å². The van der Waals surface area contributed by atoms with Crippen LogP contribution in [0.25, 0.3) is 11.0 Å². The van der Waals surface area contributed by atoms with Gasteiger partial charge in [-0.25, -0.2) is 4.79 Å². The minimum Gasteiger partial charge on any atom is -0.492 e. The number of aryl methyl sites for hydroxylation is 1. The van der Waals surface area contributed by atoms with E-state index < -0.39 is 5.60 Å². The first-order valence-corrected chi connectivity index (χ1v) is 14.1. The van der Waals surface area contributed by atoms with Crippen molar-refractivity contribution in [2.45, 2.75) is 18.7 Å². The fraction of sp³-hybridized carbons (Fsp3) is 0.375. The van der Waals surface area contributed by atoms with Crippen molar-refractivity contribution in [3.63, 3.8) is 0 Å². The number of amides is 1. The second-order valence-electron chi connectivity index (χ2n) is 10.8. The molecule has 1 atom stereocenters. The molecule has 42 heavy (non-hydrogen) atoms. The predicted molar refractivity (Wildman–Crippen MR) is 160 cm³/mol. The number of carbonyl (C=O) groups is 1. The van der Waals surface area contributed by atoms with Gasteiger partial charge in [-0.15, -0.1) is 0 Å². The summed E-state index contributed by atoms with van der Waals surface area (Å²) < 4.78 is 20.3. The van der Waals surface area contributed by atoms with Crippen molar-refractivity contribution in [3.05, 3.63) is 94.9 Å². The molecule has 2 heterocycles. The third kappa shape index (κ3) is 7.02. The second kappa shape index (κ2) is 13.2. The summed E-state index contributed by atoms with van der Waals surface area (Å²) in [6, 6.07) is 24.9. The molecule has 10 nitrogen and oxygen atoms in total. The third-order valence-electron chi connectivity index (χ3n) is 7.53. The Bertz CT molecular complexity index is 1530. The number of hydrogen-bond acceptors (Lipinski definition) is 7. The monoisotopic (exact) mass is 574 g/mol. The summed E-state index contributed by atoms with van der Waals surface area (Å²) in [5.74, 6) is 1.22. The van der Waals surface area contributed by atoms with Crippen LogP contribution in [-0.2, 0) is 29.7 Å². The summed E-state index contributed by atoms with van der Waals surface area (Å²) in [7, 11) is 3.26. The molecule has 0 bridgehead atoms. The van der Waals surface area contributed by atoms with Gasteiger partial charge in [0, 0.05) is 40.3 Å². The van der Waals surface area contributed by atoms with Gasteiger partial charge in [-0.05, 0) is 42.0 Å². The van der Waals surface area contributed by atoms with Gasteiger partial charge >= 0.3 is 5.69 Å². The van der Waals surface area contributed by atoms with E-state index in [1.165, 1.54) is 7.11 Å². The van der Waals surface area contributed by atoms with Crippen molar-refractivity contribution in [1.82, 2.24) is 18.9 Å². The smallest absolute Gasteiger partial charge is 0.328 e. The van der Waals surface area contributed by atoms with Crippen molar-refractivity contribution < 1.29 is 24.1 Å². The van der Waals surface area contributed by atoms with Crippen LogP contribution >= 0.6 is 0 Å². The number of aliphatic hydroxyl groups is 1. The number of benzene rings is 3. The topological polar surface area (TPSA) is 98.4 Å². The van der Waals surface area contributed by atoms with Crippen LogP contribution in [0.2, 0.25) is 0 Å². The number of carbonyl (C=O) groups excluding carboxylic acids is 1. The molecule has 1 saturated heterocycles. The summed E-state index contributed by atoms with van der Waals surface area (Å²) in [4.78, 5) is 29.1. The molecule has 5 rings (SSSR count). The quantitative estimate of drug-likeness (QED) is 0.294. The largest absolute Gasteiger partial charge is 0.492 e. The zero-order valence-corrected chi connectivity index (χ0v) is 24.1. The average Bonchev–Trinajstić information content (AvgIpc) is 3.12. The number of hydrogen-bond donors (Lipinski definition) is 1. The molecule has 3 aromatic carbocycles. The zero-order chi connectivity index (χ0) is 29.5. The van der Waals surface area contributed by atoms with Crippen LogP contribution in [0.3, 0.4) is 0 Å². The maximum absolute atomic E-state index is 12.7. The van der Waals surface area contributed by atoms with Crippen LogP contribution in [0.4, 0.5) is 0 Å². The highest BCUT2D eigenvalue weighted by Crippen LogP contribution is 2.21. The van der Waals surface area contributed by atoms with E-state index in [0.717, 1.165) is 16.6 Å². The first kappa shape index (κ1) is 29.4. The van der Waals surface area contributed by atoms with E-state index in [1.54, 1.807) is 21.1 Å². The molecule has 10 heteroatoms. The molecule has 1 N–H and O–H groups in total. The summed E-state index contributed by atoms with van der Waals surface area (Å²) in [5, 5.41) is 11.6. The molecule has 0 spiro atoms. The lowest BCUT2D eigenvalue weighted by Gasteiger charge is -2.33. The zero-order valence-electron chi connectivity index (χ0n) is 24.1. The van der Waals surface area contributed by atoms with Gasteiger partial charge in [-0.1, -0.05) is 42.5 Å². The van der Waals surface area contributed by atoms with Gasteiger partial charge in [-0.3, -0.25) is 18.8 Å². The van der Waals surface area contributed by atoms with Gasteiger partial charge in [0.15, 0.2) is 0 Å². The van der Waals surface area contributed by atoms with Crippen LogP contribution in [0, 0.1) is 0 Å². The lowest BCUT2D eigenvalue weighted by atomic mass is 10.0. The highest BCUT2D eigenvalue weighted by atomic mass is 16.5. The highest BCUT2D eigenvalue weighted by Gasteiger charge is 2.37. The number of rotatable bonds is 11. The van der Waals surface area contributed by atoms with Gasteiger partial charge in [-0.2, -0.15) is 0 Å². The van der Waals surface area contributed by atoms with Crippen LogP contribution < -0.4 is 15.2 Å². The van der Waals surface area contributed by atoms with Gasteiger partial charge in [0.05, 0.1) is 24.1 Å². The fourth-order valence-electron chi connectivity index (χ4n) is 5.41. The molecule has 222 valence electrons. The number of imidazole rings is 1. The van der Waals surface area contributed by atoms with Crippen LogP contribution in [0.1, 0.15) is 5.56 Å². The van der Waals surface area contributed by atoms with Gasteiger partial charge < -0.3 is 24.2 Å². The Morgan fingerprint density at radius 2 is 1.57 bits per heavy atom. The molecule has 1 aliphatic rings. The molecule has 1 aromatic heterocycles. The summed E-state index contributed by atoms with van der Waals surface area (Å²) >= 11 is 0. The Kier molecular flexibility index (Phi) is 9.26. The van der Waals surface area contributed by atoms with Crippen molar-refractivity contribution >= 4 is 16.9 Å². The molecular weight excluding hydrogens is 536 g/mol. The Morgan fingerprint density at radius 3 is 2.31 bits per heavy atom. The lowest BCUT2D eigenvalue weighted by molar-refractivity contribution is -0.138. The number of ether oxygens (including phenoxy) is 3. The average molecular weight is 575 g/mol. The fourth-order valence-corrected chi connectivity index (χ4v) is 5.41. The first-order valence-electron chi connectivity index (χ1n) is 14.1. The Labute approximate surface area is 245 Å². The summed E-state index contributed by atoms with van der Waals surface area (Å²) in [6.45, 7) is 2.98. The van der Waals surface area contributed by atoms with Crippen LogP contribution in [0.5, 0.6) is 11.5 Å². The molecule has 1 amide bonds. The first-order chi connectivity index (χ1) is 20.3. The van der Waals surface area contributed by atoms with E-state index in [4.69, 9.17) is 14.2 Å². The minimum absolute atomic E-state index is 0.0355. The predicted octanol–water partition coefficient (Wildman–Crippen LogP) is 2.52. The standard InChI is InChI=1S/C32H38N4O6/c1-33-28-10-6-7-11-29(28)36(31(33)38)18-19-41-27-14-12-25(13-15-27)20-34-16-17-35(30(37)21-40-2)23-32(39,22-34)24-42-26-8-4-3-5-9-26/h3-15,39H,16-24H2,1-2H3/t32-/m1/s1. The van der Waals surface area contributed by atoms with E-state index in [-0.39, 0.29) is 31.4 Å². The third-order valence-corrected chi connectivity index (χ3v) is 7.53. The van der Waals surface area contributed by atoms with E-state index in [2.05, 4.69) is 4.90 Å². The molecule has 0 aliphatic carbocycles. The Morgan fingerprint density at radius 1 is 0.881 bits per heavy atom. The number of methoxy groups -OCH3 is 1. The normalized spacial score (nSPS) is 17.7. The summed E-state index contributed by atoms with van der Waals surface area (Å²) in [6.07, 6.45) is 0. The van der Waals surface area contributed by atoms with Crippen molar-refractivity contribution in [2.75, 3.05) is 53.1 Å². The van der Waals surface area contributed by atoms with Gasteiger partial charge in [0.1, 0.15) is 36.9 Å². The van der Waals surface area contributed by atoms with E-state index in [9.17, 15) is 14.7 Å². The SMILES string of the molecule is COCC(=O)N1CCN(Cc2ccc(OCCn3c(=O)n(C)c4ccccc43)cc2)C[C@](O)(COc2ccccc2)C1. The molecule has 1 aliphatic heterocycles. The summed E-state index contributed by atoms with van der Waals surface area (Å²) in [5.41, 5.74) is 1.50. The number of β-amino-alcohol motifs (C(OH)–C–C–N with tert-alkyl or cyclic N) is 1. The maximum atomic E-state index is 12.7. The van der Waals surface area contributed by atoms with Gasteiger partial charge in [0.2, 0.25) is 5.91 Å². The maximum Gasteiger partial charge on any atom is 0.328 e. The molecule has 0 unspecified atom stereocenters. The number of para-hydroxylation sites is 3. The van der Waals surface area contributed by atoms with E-state index >= 15 is 0 Å². The number of aromatic nitrogens is 2. The van der Waals surface area contributed by atoms with Crippen LogP contribution in [0.15, 0.2) is 83.7 Å². The molecular formula is C32H38N4O6. The molecule has 4 aromatic rings. The second-order valence-corrected chi connectivity index (χ2v) is 10.8. The lowest BCUT2D eigenvalue weighted by Crippen LogP contribution is -2.52. The number of nitrogens with zero attached hydrogens (tertiary/aromatic N) is 4. The van der Waals surface area contributed by atoms with Gasteiger partial charge in [0.25, 0.3) is 0 Å². The number of fused-ring (bicyclic) bond motifs is 1. The molecule has 1 fully saturated rings.